The summed E-state index contributed by atoms with van der Waals surface area (Å²) in [7, 11) is 0. The fourth-order valence-corrected chi connectivity index (χ4v) is 1.44. The maximum absolute atomic E-state index is 5.43. The van der Waals surface area contributed by atoms with Gasteiger partial charge in [-0.05, 0) is 12.5 Å². The lowest BCUT2D eigenvalue weighted by molar-refractivity contribution is 0.468. The van der Waals surface area contributed by atoms with Gasteiger partial charge in [0.15, 0.2) is 0 Å². The molecule has 0 fully saturated rings. The number of hydrogen-bond acceptors (Lipinski definition) is 5. The van der Waals surface area contributed by atoms with E-state index < -0.39 is 0 Å². The highest BCUT2D eigenvalue weighted by Crippen LogP contribution is 2.10. The number of nitrogens with zero attached hydrogens (tertiary/aromatic N) is 2. The molecule has 0 unspecified atom stereocenters. The first-order valence-corrected chi connectivity index (χ1v) is 6.07. The van der Waals surface area contributed by atoms with Crippen LogP contribution in [0.2, 0.25) is 0 Å². The number of aromatic nitrogens is 2. The van der Waals surface area contributed by atoms with Crippen LogP contribution in [0.5, 0.6) is 0 Å². The zero-order valence-electron chi connectivity index (χ0n) is 10.4. The lowest BCUT2D eigenvalue weighted by atomic mass is 10.0. The Morgan fingerprint density at radius 3 is 2.56 bits per heavy atom. The van der Waals surface area contributed by atoms with Crippen LogP contribution >= 0.6 is 0 Å². The summed E-state index contributed by atoms with van der Waals surface area (Å²) < 4.78 is 5.43. The van der Waals surface area contributed by atoms with Crippen molar-refractivity contribution < 1.29 is 4.42 Å². The summed E-state index contributed by atoms with van der Waals surface area (Å²) in [6, 6.07) is 0.528. The van der Waals surface area contributed by atoms with Crippen LogP contribution < -0.4 is 10.6 Å². The molecule has 5 heteroatoms. The topological polar surface area (TPSA) is 63.0 Å². The Morgan fingerprint density at radius 1 is 1.19 bits per heavy atom. The van der Waals surface area contributed by atoms with Gasteiger partial charge in [-0.1, -0.05) is 38.7 Å². The SMILES string of the molecule is CCNCc1nnc(NCC(CC)CC)o1. The van der Waals surface area contributed by atoms with Crippen LogP contribution in [-0.2, 0) is 6.54 Å². The van der Waals surface area contributed by atoms with E-state index in [2.05, 4.69) is 34.7 Å². The lowest BCUT2D eigenvalue weighted by Crippen LogP contribution is -2.13. The largest absolute Gasteiger partial charge is 0.407 e. The predicted molar refractivity (Wildman–Crippen MR) is 64.2 cm³/mol. The molecule has 0 amide bonds. The van der Waals surface area contributed by atoms with Gasteiger partial charge < -0.3 is 15.1 Å². The van der Waals surface area contributed by atoms with Gasteiger partial charge in [0, 0.05) is 6.54 Å². The van der Waals surface area contributed by atoms with Crippen molar-refractivity contribution in [2.75, 3.05) is 18.4 Å². The van der Waals surface area contributed by atoms with Gasteiger partial charge in [0.25, 0.3) is 0 Å². The van der Waals surface area contributed by atoms with Crippen molar-refractivity contribution >= 4 is 6.01 Å². The molecule has 1 aromatic rings. The molecule has 0 saturated carbocycles. The first-order chi connectivity index (χ1) is 7.80. The summed E-state index contributed by atoms with van der Waals surface area (Å²) in [6.07, 6.45) is 2.34. The second kappa shape index (κ2) is 7.22. The van der Waals surface area contributed by atoms with Gasteiger partial charge >= 0.3 is 6.01 Å². The van der Waals surface area contributed by atoms with Crippen LogP contribution in [0, 0.1) is 5.92 Å². The van der Waals surface area contributed by atoms with Crippen LogP contribution in [-0.4, -0.2) is 23.3 Å². The van der Waals surface area contributed by atoms with E-state index in [-0.39, 0.29) is 0 Å². The lowest BCUT2D eigenvalue weighted by Gasteiger charge is -2.11. The van der Waals surface area contributed by atoms with Crippen molar-refractivity contribution in [1.82, 2.24) is 15.5 Å². The van der Waals surface area contributed by atoms with Crippen molar-refractivity contribution in [3.8, 4) is 0 Å². The molecular weight excluding hydrogens is 204 g/mol. The highest BCUT2D eigenvalue weighted by molar-refractivity contribution is 5.16. The summed E-state index contributed by atoms with van der Waals surface area (Å²) in [5.41, 5.74) is 0. The van der Waals surface area contributed by atoms with Crippen molar-refractivity contribution in [3.05, 3.63) is 5.89 Å². The summed E-state index contributed by atoms with van der Waals surface area (Å²) in [6.45, 7) is 8.87. The van der Waals surface area contributed by atoms with E-state index in [0.29, 0.717) is 24.4 Å². The quantitative estimate of drug-likeness (QED) is 0.710. The van der Waals surface area contributed by atoms with E-state index in [1.54, 1.807) is 0 Å². The van der Waals surface area contributed by atoms with Crippen LogP contribution in [0.3, 0.4) is 0 Å². The van der Waals surface area contributed by atoms with Crippen molar-refractivity contribution in [2.45, 2.75) is 40.2 Å². The number of hydrogen-bond donors (Lipinski definition) is 2. The Kier molecular flexibility index (Phi) is 5.85. The summed E-state index contributed by atoms with van der Waals surface area (Å²) >= 11 is 0. The van der Waals surface area contributed by atoms with Gasteiger partial charge in [0.1, 0.15) is 0 Å². The van der Waals surface area contributed by atoms with Crippen molar-refractivity contribution in [1.29, 1.82) is 0 Å². The third kappa shape index (κ3) is 4.18. The molecular formula is C11H22N4O. The first kappa shape index (κ1) is 13.0. The highest BCUT2D eigenvalue weighted by Gasteiger charge is 2.07. The molecule has 0 atom stereocenters. The van der Waals surface area contributed by atoms with Gasteiger partial charge in [-0.2, -0.15) is 0 Å². The van der Waals surface area contributed by atoms with Gasteiger partial charge in [0.05, 0.1) is 6.54 Å². The summed E-state index contributed by atoms with van der Waals surface area (Å²) in [4.78, 5) is 0. The third-order valence-electron chi connectivity index (χ3n) is 2.69. The Hall–Kier alpha value is -1.10. The van der Waals surface area contributed by atoms with Crippen molar-refractivity contribution in [2.24, 2.45) is 5.92 Å². The van der Waals surface area contributed by atoms with Gasteiger partial charge in [-0.3, -0.25) is 0 Å². The molecule has 1 heterocycles. The molecule has 92 valence electrons. The van der Waals surface area contributed by atoms with E-state index in [9.17, 15) is 0 Å². The fourth-order valence-electron chi connectivity index (χ4n) is 1.44. The standard InChI is InChI=1S/C11H22N4O/c1-4-9(5-2)7-13-11-15-14-10(16-11)8-12-6-3/h9,12H,4-8H2,1-3H3,(H,13,15). The Morgan fingerprint density at radius 2 is 1.94 bits per heavy atom. The monoisotopic (exact) mass is 226 g/mol. The minimum Gasteiger partial charge on any atom is -0.407 e. The van der Waals surface area contributed by atoms with Crippen LogP contribution in [0.25, 0.3) is 0 Å². The molecule has 0 spiro atoms. The predicted octanol–water partition coefficient (Wildman–Crippen LogP) is 2.03. The molecule has 0 aliphatic rings. The normalized spacial score (nSPS) is 11.0. The number of rotatable bonds is 8. The summed E-state index contributed by atoms with van der Waals surface area (Å²) in [5.74, 6) is 1.30. The van der Waals surface area contributed by atoms with E-state index in [1.165, 1.54) is 12.8 Å². The maximum atomic E-state index is 5.43. The maximum Gasteiger partial charge on any atom is 0.315 e. The average Bonchev–Trinajstić information content (AvgIpc) is 2.76. The highest BCUT2D eigenvalue weighted by atomic mass is 16.4. The van der Waals surface area contributed by atoms with Gasteiger partial charge in [-0.15, -0.1) is 5.10 Å². The number of nitrogens with one attached hydrogen (secondary N) is 2. The molecule has 0 aliphatic carbocycles. The van der Waals surface area contributed by atoms with Crippen LogP contribution in [0.15, 0.2) is 4.42 Å². The van der Waals surface area contributed by atoms with Crippen LogP contribution in [0.1, 0.15) is 39.5 Å². The molecule has 0 aliphatic heterocycles. The second-order valence-corrected chi connectivity index (χ2v) is 3.84. The second-order valence-electron chi connectivity index (χ2n) is 3.84. The van der Waals surface area contributed by atoms with Crippen LogP contribution in [0.4, 0.5) is 6.01 Å². The Bertz CT molecular complexity index is 283. The minimum absolute atomic E-state index is 0.528. The zero-order valence-corrected chi connectivity index (χ0v) is 10.4. The van der Waals surface area contributed by atoms with E-state index in [0.717, 1.165) is 13.1 Å². The Balaban J connectivity index is 2.33. The smallest absolute Gasteiger partial charge is 0.315 e. The average molecular weight is 226 g/mol. The molecule has 5 nitrogen and oxygen atoms in total. The van der Waals surface area contributed by atoms with E-state index in [4.69, 9.17) is 4.42 Å². The minimum atomic E-state index is 0.528. The molecule has 16 heavy (non-hydrogen) atoms. The molecule has 1 aromatic heterocycles. The molecule has 0 aromatic carbocycles. The van der Waals surface area contributed by atoms with Crippen molar-refractivity contribution in [3.63, 3.8) is 0 Å². The molecule has 1 rings (SSSR count). The van der Waals surface area contributed by atoms with Gasteiger partial charge in [0.2, 0.25) is 5.89 Å². The fraction of sp³-hybridized carbons (Fsp3) is 0.818. The third-order valence-corrected chi connectivity index (χ3v) is 2.69. The molecule has 2 N–H and O–H groups in total. The molecule has 0 saturated heterocycles. The van der Waals surface area contributed by atoms with E-state index in [1.807, 2.05) is 6.92 Å². The van der Waals surface area contributed by atoms with E-state index >= 15 is 0 Å². The first-order valence-electron chi connectivity index (χ1n) is 6.07. The molecule has 0 bridgehead atoms. The number of anilines is 1. The summed E-state index contributed by atoms with van der Waals surface area (Å²) in [5, 5.41) is 14.2. The molecule has 0 radical (unpaired) electrons. The Labute approximate surface area is 97.0 Å². The zero-order chi connectivity index (χ0) is 11.8. The van der Waals surface area contributed by atoms with Gasteiger partial charge in [-0.25, -0.2) is 0 Å².